The summed E-state index contributed by atoms with van der Waals surface area (Å²) in [6.45, 7) is 0. The van der Waals surface area contributed by atoms with E-state index in [2.05, 4.69) is 0 Å². The Balaban J connectivity index is 1.46. The second-order valence-corrected chi connectivity index (χ2v) is 26.7. The predicted molar refractivity (Wildman–Crippen MR) is 296 cm³/mol. The van der Waals surface area contributed by atoms with Crippen molar-refractivity contribution < 1.29 is 16.5 Å². The summed E-state index contributed by atoms with van der Waals surface area (Å²) in [5, 5.41) is 0. The first-order valence-electron chi connectivity index (χ1n) is 22.1. The largest absolute Gasteiger partial charge is 0.506 e. The minimum absolute atomic E-state index is 0.490. The molecule has 0 bridgehead atoms. The Labute approximate surface area is 418 Å². The molecule has 0 spiro atoms. The highest BCUT2D eigenvalue weighted by atomic mass is 32.3. The van der Waals surface area contributed by atoms with E-state index in [1.165, 1.54) is 0 Å². The van der Waals surface area contributed by atoms with Gasteiger partial charge in [-0.1, -0.05) is 0 Å². The first kappa shape index (κ1) is 48.4. The molecule has 17 heteroatoms. The average Bonchev–Trinajstić information content (AvgIpc) is 3.37. The number of nitrogen functional groups attached to an aromatic ring is 9. The molecule has 362 valence electrons. The number of hydrogen-bond donors (Lipinski definition) is 9. The van der Waals surface area contributed by atoms with Gasteiger partial charge in [-0.3, -0.25) is 0 Å². The van der Waals surface area contributed by atoms with Gasteiger partial charge < -0.3 is 51.6 Å². The third-order valence-corrected chi connectivity index (χ3v) is 24.8. The zero-order valence-corrected chi connectivity index (χ0v) is 41.6. The van der Waals surface area contributed by atoms with Gasteiger partial charge in [0.1, 0.15) is 0 Å². The summed E-state index contributed by atoms with van der Waals surface area (Å²) in [7, 11) is -15.2. The van der Waals surface area contributed by atoms with E-state index >= 15 is 4.57 Å². The molecule has 0 saturated heterocycles. The molecule has 0 amide bonds. The van der Waals surface area contributed by atoms with E-state index in [-0.39, 0.29) is 0 Å². The standard InChI is InChI=1S/C54H54N9O4PS3/c55-37-1-19-46(20-2-37)69(47-21-3-38(56)4-22-47,48-23-5-39(57)6-24-48)65-68(64,66-70(49-25-7-40(58)8-26-49,50-27-9-41(59)10-28-50)51-29-11-42(60)12-30-51)67-71(52-31-13-43(61)14-32-52,53-33-15-44(62)16-34-53)54-35-17-45(63)18-36-54/h1-36H,55-63H2. The molecule has 0 atom stereocenters. The van der Waals surface area contributed by atoms with Crippen molar-refractivity contribution >= 4 is 89.9 Å². The van der Waals surface area contributed by atoms with Gasteiger partial charge >= 0.3 is 7.82 Å². The highest BCUT2D eigenvalue weighted by Gasteiger charge is 2.53. The van der Waals surface area contributed by atoms with Crippen molar-refractivity contribution in [3.63, 3.8) is 0 Å². The van der Waals surface area contributed by atoms with E-state index in [9.17, 15) is 0 Å². The molecule has 9 rings (SSSR count). The lowest BCUT2D eigenvalue weighted by molar-refractivity contribution is 0.333. The van der Waals surface area contributed by atoms with Crippen molar-refractivity contribution in [2.45, 2.75) is 44.1 Å². The lowest BCUT2D eigenvalue weighted by atomic mass is 10.3. The molecule has 0 radical (unpaired) electrons. The van der Waals surface area contributed by atoms with Crippen LogP contribution in [0.25, 0.3) is 0 Å². The van der Waals surface area contributed by atoms with Crippen LogP contribution >= 0.6 is 38.7 Å². The highest BCUT2D eigenvalue weighted by molar-refractivity contribution is 8.35. The van der Waals surface area contributed by atoms with Crippen LogP contribution in [0.3, 0.4) is 0 Å². The smallest absolute Gasteiger partial charge is 0.399 e. The molecule has 9 aromatic carbocycles. The van der Waals surface area contributed by atoms with Crippen molar-refractivity contribution in [2.75, 3.05) is 51.6 Å². The average molecular weight is 1020 g/mol. The Bertz CT molecular complexity index is 2630. The van der Waals surface area contributed by atoms with Crippen LogP contribution in [0, 0.1) is 0 Å². The Morgan fingerprint density at radius 2 is 0.310 bits per heavy atom. The summed E-state index contributed by atoms with van der Waals surface area (Å²) < 4.78 is 41.8. The highest BCUT2D eigenvalue weighted by Crippen LogP contribution is 2.88. The Kier molecular flexibility index (Phi) is 13.4. The zero-order chi connectivity index (χ0) is 50.0. The van der Waals surface area contributed by atoms with Crippen LogP contribution in [0.2, 0.25) is 0 Å². The number of nitrogens with two attached hydrogens (primary N) is 9. The SMILES string of the molecule is Nc1ccc(S(OP(=O)(OS(c2ccc(N)cc2)(c2ccc(N)cc2)c2ccc(N)cc2)OS(c2ccc(N)cc2)(c2ccc(N)cc2)c2ccc(N)cc2)(c2ccc(N)cc2)c2ccc(N)cc2)cc1. The molecule has 0 saturated carbocycles. The van der Waals surface area contributed by atoms with Crippen molar-refractivity contribution in [1.82, 2.24) is 0 Å². The summed E-state index contributed by atoms with van der Waals surface area (Å²) >= 11 is 0. The van der Waals surface area contributed by atoms with Gasteiger partial charge in [0, 0.05) is 95.2 Å². The monoisotopic (exact) mass is 1020 g/mol. The maximum Gasteiger partial charge on any atom is 0.506 e. The van der Waals surface area contributed by atoms with E-state index < -0.39 is 38.7 Å². The summed E-state index contributed by atoms with van der Waals surface area (Å²) in [6.07, 6.45) is 0. The van der Waals surface area contributed by atoms with Gasteiger partial charge in [-0.2, -0.15) is 0 Å². The molecule has 9 aromatic rings. The predicted octanol–water partition coefficient (Wildman–Crippen LogP) is 13.1. The van der Waals surface area contributed by atoms with E-state index in [0.29, 0.717) is 95.2 Å². The summed E-state index contributed by atoms with van der Waals surface area (Å²) in [6, 6.07) is 65.0. The van der Waals surface area contributed by atoms with Crippen LogP contribution in [0.1, 0.15) is 0 Å². The molecular weight excluding hydrogens is 966 g/mol. The molecule has 0 aliphatic heterocycles. The molecule has 0 aliphatic carbocycles. The van der Waals surface area contributed by atoms with Gasteiger partial charge in [0.15, 0.2) is 0 Å². The van der Waals surface area contributed by atoms with Gasteiger partial charge in [0.2, 0.25) is 0 Å². The quantitative estimate of drug-likeness (QED) is 0.0342. The second-order valence-electron chi connectivity index (χ2n) is 16.5. The van der Waals surface area contributed by atoms with Crippen molar-refractivity contribution in [1.29, 1.82) is 0 Å². The van der Waals surface area contributed by atoms with Crippen molar-refractivity contribution in [3.8, 4) is 0 Å². The minimum Gasteiger partial charge on any atom is -0.399 e. The number of anilines is 9. The summed E-state index contributed by atoms with van der Waals surface area (Å²) in [5.41, 5.74) is 62.1. The Morgan fingerprint density at radius 3 is 0.408 bits per heavy atom. The molecule has 0 fully saturated rings. The molecule has 13 nitrogen and oxygen atoms in total. The zero-order valence-electron chi connectivity index (χ0n) is 38.3. The number of phosphoric acid groups is 1. The van der Waals surface area contributed by atoms with E-state index in [0.717, 1.165) is 0 Å². The third-order valence-electron chi connectivity index (χ3n) is 11.5. The molecule has 0 unspecified atom stereocenters. The molecule has 0 aliphatic rings. The molecular formula is C54H54N9O4PS3. The number of benzene rings is 9. The molecule has 0 aromatic heterocycles. The van der Waals surface area contributed by atoms with Crippen LogP contribution in [0.4, 0.5) is 51.2 Å². The Morgan fingerprint density at radius 1 is 0.211 bits per heavy atom. The fraction of sp³-hybridized carbons (Fsp3) is 0. The number of hydrogen-bond acceptors (Lipinski definition) is 13. The maximum absolute atomic E-state index is 18.2. The van der Waals surface area contributed by atoms with Gasteiger partial charge in [0.05, 0.1) is 0 Å². The molecule has 71 heavy (non-hydrogen) atoms. The third kappa shape index (κ3) is 9.53. The van der Waals surface area contributed by atoms with Crippen molar-refractivity contribution in [2.24, 2.45) is 0 Å². The first-order chi connectivity index (χ1) is 34.1. The van der Waals surface area contributed by atoms with Crippen LogP contribution < -0.4 is 51.6 Å². The van der Waals surface area contributed by atoms with E-state index in [1.54, 1.807) is 109 Å². The van der Waals surface area contributed by atoms with Gasteiger partial charge in [-0.25, -0.2) is 16.5 Å². The molecule has 18 N–H and O–H groups in total. The van der Waals surface area contributed by atoms with Crippen LogP contribution in [-0.2, 0) is 16.5 Å². The van der Waals surface area contributed by atoms with Crippen LogP contribution in [0.5, 0.6) is 0 Å². The topological polar surface area (TPSA) is 279 Å². The normalized spacial score (nSPS) is 12.8. The van der Waals surface area contributed by atoms with Gasteiger partial charge in [-0.15, -0.1) is 0 Å². The van der Waals surface area contributed by atoms with Crippen LogP contribution in [0.15, 0.2) is 262 Å². The van der Waals surface area contributed by atoms with E-state index in [1.807, 2.05) is 109 Å². The second kappa shape index (κ2) is 19.6. The first-order valence-corrected chi connectivity index (χ1v) is 28.2. The maximum atomic E-state index is 18.2. The summed E-state index contributed by atoms with van der Waals surface area (Å²) in [5.74, 6) is 0. The van der Waals surface area contributed by atoms with E-state index in [4.69, 9.17) is 63.5 Å². The van der Waals surface area contributed by atoms with Crippen molar-refractivity contribution in [3.05, 3.63) is 218 Å². The van der Waals surface area contributed by atoms with Gasteiger partial charge in [-0.05, 0) is 249 Å². The Hall–Kier alpha value is -7.66. The minimum atomic E-state index is -5.35. The lowest BCUT2D eigenvalue weighted by Crippen LogP contribution is -2.16. The van der Waals surface area contributed by atoms with Gasteiger partial charge in [0.25, 0.3) is 0 Å². The number of rotatable bonds is 15. The molecule has 0 heterocycles. The lowest BCUT2D eigenvalue weighted by Gasteiger charge is -2.49. The summed E-state index contributed by atoms with van der Waals surface area (Å²) in [4.78, 5) is 5.33. The fourth-order valence-corrected chi connectivity index (χ4v) is 22.5. The fourth-order valence-electron chi connectivity index (χ4n) is 8.00. The van der Waals surface area contributed by atoms with Crippen LogP contribution in [-0.4, -0.2) is 0 Å².